The minimum Gasteiger partial charge on any atom is -0.373 e. The Hall–Kier alpha value is -1.22. The average Bonchev–Trinajstić information content (AvgIpc) is 2.92. The van der Waals surface area contributed by atoms with Crippen LogP contribution in [0.1, 0.15) is 19.3 Å². The number of rotatable bonds is 4. The van der Waals surface area contributed by atoms with Crippen molar-refractivity contribution in [2.45, 2.75) is 30.9 Å². The molecule has 7 nitrogen and oxygen atoms in total. The summed E-state index contributed by atoms with van der Waals surface area (Å²) >= 11 is 0. The second-order valence-corrected chi connectivity index (χ2v) is 8.60. The zero-order valence-electron chi connectivity index (χ0n) is 13.6. The van der Waals surface area contributed by atoms with Gasteiger partial charge in [0.15, 0.2) is 0 Å². The topological polar surface area (TPSA) is 74.8 Å². The molecular weight excluding hydrogens is 316 g/mol. The monoisotopic (exact) mass is 340 g/mol. The first-order valence-corrected chi connectivity index (χ1v) is 9.30. The maximum atomic E-state index is 12.3. The maximum absolute atomic E-state index is 12.3. The van der Waals surface area contributed by atoms with Gasteiger partial charge in [-0.15, -0.1) is 0 Å². The Kier molecular flexibility index (Phi) is 4.59. The van der Waals surface area contributed by atoms with E-state index in [1.54, 1.807) is 20.3 Å². The molecule has 0 amide bonds. The molecule has 0 saturated carbocycles. The van der Waals surface area contributed by atoms with E-state index in [2.05, 4.69) is 10.3 Å². The van der Waals surface area contributed by atoms with Crippen molar-refractivity contribution in [3.05, 3.63) is 24.4 Å². The molecule has 3 heterocycles. The molecule has 1 N–H and O–H groups in total. The standard InChI is InChI=1S/C15H24N4O3S/c1-18(2)23(20,21)19-9-7-15(12-19)11-13(6-10-22-15)17-14-5-3-4-8-16-14/h3-5,8,13H,6-7,9-12H2,1-2H3,(H,16,17)/t13-,15-/m1/s1. The first-order chi connectivity index (χ1) is 10.9. The van der Waals surface area contributed by atoms with E-state index in [1.807, 2.05) is 18.2 Å². The van der Waals surface area contributed by atoms with Gasteiger partial charge in [-0.2, -0.15) is 17.0 Å². The molecule has 8 heteroatoms. The zero-order chi connectivity index (χ0) is 16.5. The van der Waals surface area contributed by atoms with Gasteiger partial charge in [0.05, 0.1) is 5.60 Å². The number of pyridine rings is 1. The van der Waals surface area contributed by atoms with Gasteiger partial charge in [-0.1, -0.05) is 6.07 Å². The number of ether oxygens (including phenoxy) is 1. The summed E-state index contributed by atoms with van der Waals surface area (Å²) in [5.74, 6) is 0.852. The number of hydrogen-bond donors (Lipinski definition) is 1. The van der Waals surface area contributed by atoms with Crippen LogP contribution in [-0.4, -0.2) is 67.4 Å². The molecular formula is C15H24N4O3S. The Morgan fingerprint density at radius 1 is 1.43 bits per heavy atom. The van der Waals surface area contributed by atoms with Gasteiger partial charge >= 0.3 is 0 Å². The Labute approximate surface area is 137 Å². The van der Waals surface area contributed by atoms with E-state index in [4.69, 9.17) is 4.74 Å². The third kappa shape index (κ3) is 3.50. The van der Waals surface area contributed by atoms with Crippen molar-refractivity contribution in [1.29, 1.82) is 0 Å². The van der Waals surface area contributed by atoms with Crippen LogP contribution < -0.4 is 5.32 Å². The highest BCUT2D eigenvalue weighted by Crippen LogP contribution is 2.36. The van der Waals surface area contributed by atoms with Gasteiger partial charge in [-0.25, -0.2) is 4.98 Å². The van der Waals surface area contributed by atoms with E-state index in [1.165, 1.54) is 8.61 Å². The lowest BCUT2D eigenvalue weighted by molar-refractivity contribution is -0.0705. The summed E-state index contributed by atoms with van der Waals surface area (Å²) in [6, 6.07) is 6.03. The minimum atomic E-state index is -3.37. The van der Waals surface area contributed by atoms with Crippen molar-refractivity contribution >= 4 is 16.0 Å². The molecule has 0 aliphatic carbocycles. The van der Waals surface area contributed by atoms with Crippen LogP contribution >= 0.6 is 0 Å². The molecule has 3 rings (SSSR count). The highest BCUT2D eigenvalue weighted by molar-refractivity contribution is 7.86. The first kappa shape index (κ1) is 16.6. The summed E-state index contributed by atoms with van der Waals surface area (Å²) < 4.78 is 33.4. The lowest BCUT2D eigenvalue weighted by atomic mass is 9.89. The Morgan fingerprint density at radius 2 is 2.26 bits per heavy atom. The van der Waals surface area contributed by atoms with E-state index < -0.39 is 10.2 Å². The number of hydrogen-bond acceptors (Lipinski definition) is 5. The normalized spacial score (nSPS) is 29.3. The summed E-state index contributed by atoms with van der Waals surface area (Å²) in [5, 5.41) is 3.44. The molecule has 0 radical (unpaired) electrons. The molecule has 1 aromatic rings. The molecule has 1 spiro atoms. The van der Waals surface area contributed by atoms with Gasteiger partial charge in [0, 0.05) is 46.0 Å². The van der Waals surface area contributed by atoms with Crippen molar-refractivity contribution in [3.63, 3.8) is 0 Å². The molecule has 23 heavy (non-hydrogen) atoms. The highest BCUT2D eigenvalue weighted by atomic mass is 32.2. The zero-order valence-corrected chi connectivity index (χ0v) is 14.4. The second kappa shape index (κ2) is 6.35. The number of nitrogens with one attached hydrogen (secondary N) is 1. The number of anilines is 1. The van der Waals surface area contributed by atoms with Crippen LogP contribution in [0, 0.1) is 0 Å². The van der Waals surface area contributed by atoms with Gasteiger partial charge in [-0.05, 0) is 31.4 Å². The summed E-state index contributed by atoms with van der Waals surface area (Å²) in [6.07, 6.45) is 4.20. The Balaban J connectivity index is 1.67. The Morgan fingerprint density at radius 3 is 2.96 bits per heavy atom. The van der Waals surface area contributed by atoms with Crippen molar-refractivity contribution < 1.29 is 13.2 Å². The van der Waals surface area contributed by atoms with Crippen LogP contribution in [0.2, 0.25) is 0 Å². The third-order valence-corrected chi connectivity index (χ3v) is 6.47. The van der Waals surface area contributed by atoms with Gasteiger partial charge in [0.2, 0.25) is 0 Å². The summed E-state index contributed by atoms with van der Waals surface area (Å²) in [4.78, 5) is 4.30. The second-order valence-electron chi connectivity index (χ2n) is 6.45. The van der Waals surface area contributed by atoms with E-state index in [0.717, 1.165) is 25.1 Å². The van der Waals surface area contributed by atoms with Gasteiger partial charge < -0.3 is 10.1 Å². The van der Waals surface area contributed by atoms with Crippen LogP contribution in [0.15, 0.2) is 24.4 Å². The van der Waals surface area contributed by atoms with Crippen LogP contribution in [-0.2, 0) is 14.9 Å². The third-order valence-electron chi connectivity index (χ3n) is 4.58. The Bertz CT molecular complexity index is 637. The average molecular weight is 340 g/mol. The lowest BCUT2D eigenvalue weighted by Crippen LogP contribution is -2.48. The maximum Gasteiger partial charge on any atom is 0.281 e. The van der Waals surface area contributed by atoms with Gasteiger partial charge in [-0.3, -0.25) is 0 Å². The van der Waals surface area contributed by atoms with Gasteiger partial charge in [0.25, 0.3) is 10.2 Å². The fraction of sp³-hybridized carbons (Fsp3) is 0.667. The largest absolute Gasteiger partial charge is 0.373 e. The van der Waals surface area contributed by atoms with Crippen molar-refractivity contribution in [1.82, 2.24) is 13.6 Å². The van der Waals surface area contributed by atoms with Crippen LogP contribution in [0.25, 0.3) is 0 Å². The first-order valence-electron chi connectivity index (χ1n) is 7.90. The van der Waals surface area contributed by atoms with Crippen LogP contribution in [0.4, 0.5) is 5.82 Å². The van der Waals surface area contributed by atoms with E-state index in [-0.39, 0.29) is 11.6 Å². The molecule has 2 saturated heterocycles. The van der Waals surface area contributed by atoms with E-state index in [9.17, 15) is 8.42 Å². The molecule has 2 fully saturated rings. The number of nitrogens with zero attached hydrogens (tertiary/aromatic N) is 3. The van der Waals surface area contributed by atoms with Crippen molar-refractivity contribution in [2.24, 2.45) is 0 Å². The molecule has 0 unspecified atom stereocenters. The van der Waals surface area contributed by atoms with Crippen LogP contribution in [0.3, 0.4) is 0 Å². The minimum absolute atomic E-state index is 0.251. The fourth-order valence-electron chi connectivity index (χ4n) is 3.33. The van der Waals surface area contributed by atoms with Crippen LogP contribution in [0.5, 0.6) is 0 Å². The molecule has 128 valence electrons. The molecule has 1 aromatic heterocycles. The molecule has 0 aromatic carbocycles. The van der Waals surface area contributed by atoms with E-state index >= 15 is 0 Å². The van der Waals surface area contributed by atoms with Crippen molar-refractivity contribution in [2.75, 3.05) is 39.1 Å². The van der Waals surface area contributed by atoms with E-state index in [0.29, 0.717) is 19.7 Å². The smallest absolute Gasteiger partial charge is 0.281 e. The molecule has 2 aliphatic heterocycles. The lowest BCUT2D eigenvalue weighted by Gasteiger charge is -2.38. The summed E-state index contributed by atoms with van der Waals surface area (Å²) in [6.45, 7) is 1.57. The highest BCUT2D eigenvalue weighted by Gasteiger charge is 2.47. The molecule has 2 aliphatic rings. The van der Waals surface area contributed by atoms with Crippen molar-refractivity contribution in [3.8, 4) is 0 Å². The fourth-order valence-corrected chi connectivity index (χ4v) is 4.51. The SMILES string of the molecule is CN(C)S(=O)(=O)N1CC[C@@]2(C[C@H](Nc3ccccn3)CCO2)C1. The van der Waals surface area contributed by atoms with Gasteiger partial charge in [0.1, 0.15) is 5.82 Å². The molecule has 2 atom stereocenters. The molecule has 0 bridgehead atoms. The number of aromatic nitrogens is 1. The predicted octanol–water partition coefficient (Wildman–Crippen LogP) is 0.923. The predicted molar refractivity (Wildman–Crippen MR) is 88.4 cm³/mol. The summed E-state index contributed by atoms with van der Waals surface area (Å²) in [5.41, 5.74) is -0.381. The quantitative estimate of drug-likeness (QED) is 0.882. The summed E-state index contributed by atoms with van der Waals surface area (Å²) in [7, 11) is -0.248.